The maximum absolute atomic E-state index is 9.38. The second-order valence-electron chi connectivity index (χ2n) is 4.33. The number of aliphatic hydroxyl groups is 2. The van der Waals surface area contributed by atoms with E-state index in [1.54, 1.807) is 25.3 Å². The fourth-order valence-corrected chi connectivity index (χ4v) is 1.67. The molecule has 0 aliphatic carbocycles. The number of pyridine rings is 1. The van der Waals surface area contributed by atoms with Gasteiger partial charge in [-0.1, -0.05) is 12.1 Å². The highest BCUT2D eigenvalue weighted by atomic mass is 16.5. The Balaban J connectivity index is 2.04. The van der Waals surface area contributed by atoms with Crippen LogP contribution in [0.4, 0.5) is 0 Å². The predicted molar refractivity (Wildman–Crippen MR) is 72.2 cm³/mol. The van der Waals surface area contributed by atoms with Crippen molar-refractivity contribution in [1.82, 2.24) is 4.98 Å². The molecule has 0 aliphatic rings. The average molecular weight is 259 g/mol. The first-order chi connectivity index (χ1) is 9.19. The number of hydrogen-bond acceptors (Lipinski definition) is 4. The summed E-state index contributed by atoms with van der Waals surface area (Å²) in [5.41, 5.74) is 1.82. The molecule has 0 aliphatic heterocycles. The quantitative estimate of drug-likeness (QED) is 0.865. The molecule has 0 amide bonds. The normalized spacial score (nSPS) is 12.2. The molecule has 1 atom stereocenters. The van der Waals surface area contributed by atoms with E-state index in [9.17, 15) is 5.11 Å². The molecule has 2 aromatic rings. The number of nitrogens with zero attached hydrogens (tertiary/aromatic N) is 1. The molecular formula is C15H17NO3. The van der Waals surface area contributed by atoms with Crippen molar-refractivity contribution in [1.29, 1.82) is 0 Å². The van der Waals surface area contributed by atoms with Crippen LogP contribution in [0.1, 0.15) is 24.2 Å². The van der Waals surface area contributed by atoms with Crippen molar-refractivity contribution in [2.75, 3.05) is 6.61 Å². The van der Waals surface area contributed by atoms with E-state index in [-0.39, 0.29) is 6.61 Å². The maximum Gasteiger partial charge on any atom is 0.219 e. The summed E-state index contributed by atoms with van der Waals surface area (Å²) in [6.45, 7) is 1.83. The van der Waals surface area contributed by atoms with Crippen LogP contribution in [-0.4, -0.2) is 21.8 Å². The first kappa shape index (κ1) is 13.5. The van der Waals surface area contributed by atoms with Gasteiger partial charge in [-0.05, 0) is 42.7 Å². The van der Waals surface area contributed by atoms with Gasteiger partial charge in [-0.2, -0.15) is 0 Å². The molecule has 0 spiro atoms. The van der Waals surface area contributed by atoms with Gasteiger partial charge in [0.1, 0.15) is 5.75 Å². The van der Waals surface area contributed by atoms with E-state index >= 15 is 0 Å². The van der Waals surface area contributed by atoms with Crippen molar-refractivity contribution in [3.8, 4) is 11.6 Å². The first-order valence-corrected chi connectivity index (χ1v) is 6.20. The number of benzene rings is 1. The second kappa shape index (κ2) is 6.31. The number of rotatable bonds is 5. The maximum atomic E-state index is 9.38. The van der Waals surface area contributed by atoms with Crippen LogP contribution >= 0.6 is 0 Å². The van der Waals surface area contributed by atoms with Gasteiger partial charge in [0.15, 0.2) is 0 Å². The lowest BCUT2D eigenvalue weighted by Gasteiger charge is -2.07. The van der Waals surface area contributed by atoms with Gasteiger partial charge in [0, 0.05) is 18.9 Å². The van der Waals surface area contributed by atoms with Gasteiger partial charge in [-0.15, -0.1) is 0 Å². The molecule has 0 bridgehead atoms. The van der Waals surface area contributed by atoms with Crippen molar-refractivity contribution < 1.29 is 14.9 Å². The molecule has 4 heteroatoms. The molecule has 2 N–H and O–H groups in total. The molecule has 0 unspecified atom stereocenters. The Labute approximate surface area is 112 Å². The van der Waals surface area contributed by atoms with Gasteiger partial charge in [0.2, 0.25) is 5.88 Å². The van der Waals surface area contributed by atoms with Crippen LogP contribution in [-0.2, 0) is 6.42 Å². The molecule has 19 heavy (non-hydrogen) atoms. The van der Waals surface area contributed by atoms with Crippen LogP contribution in [0.3, 0.4) is 0 Å². The topological polar surface area (TPSA) is 62.6 Å². The van der Waals surface area contributed by atoms with Gasteiger partial charge < -0.3 is 14.9 Å². The van der Waals surface area contributed by atoms with Gasteiger partial charge in [0.05, 0.1) is 6.10 Å². The SMILES string of the molecule is C[C@@H](O)c1ccc(Oc2ccc(CCO)cc2)nc1. The summed E-state index contributed by atoms with van der Waals surface area (Å²) in [7, 11) is 0. The summed E-state index contributed by atoms with van der Waals surface area (Å²) in [4.78, 5) is 4.13. The lowest BCUT2D eigenvalue weighted by atomic mass is 10.1. The number of hydrogen-bond donors (Lipinski definition) is 2. The third-order valence-electron chi connectivity index (χ3n) is 2.79. The average Bonchev–Trinajstić information content (AvgIpc) is 2.42. The Bertz CT molecular complexity index is 506. The van der Waals surface area contributed by atoms with E-state index in [2.05, 4.69) is 4.98 Å². The molecule has 1 heterocycles. The number of ether oxygens (including phenoxy) is 1. The molecule has 0 fully saturated rings. The monoisotopic (exact) mass is 259 g/mol. The van der Waals surface area contributed by atoms with Crippen LogP contribution in [0.25, 0.3) is 0 Å². The van der Waals surface area contributed by atoms with Crippen LogP contribution in [0.2, 0.25) is 0 Å². The molecule has 0 saturated heterocycles. The summed E-state index contributed by atoms with van der Waals surface area (Å²) in [6, 6.07) is 11.0. The van der Waals surface area contributed by atoms with Crippen molar-refractivity contribution in [3.05, 3.63) is 53.7 Å². The van der Waals surface area contributed by atoms with Crippen molar-refractivity contribution in [2.24, 2.45) is 0 Å². The fourth-order valence-electron chi connectivity index (χ4n) is 1.67. The zero-order valence-electron chi connectivity index (χ0n) is 10.8. The minimum Gasteiger partial charge on any atom is -0.439 e. The fraction of sp³-hybridized carbons (Fsp3) is 0.267. The number of aromatic nitrogens is 1. The summed E-state index contributed by atoms with van der Waals surface area (Å²) in [6.07, 6.45) is 1.71. The van der Waals surface area contributed by atoms with Crippen LogP contribution in [0.15, 0.2) is 42.6 Å². The van der Waals surface area contributed by atoms with E-state index in [4.69, 9.17) is 9.84 Å². The van der Waals surface area contributed by atoms with Gasteiger partial charge in [0.25, 0.3) is 0 Å². The van der Waals surface area contributed by atoms with Crippen LogP contribution < -0.4 is 4.74 Å². The molecule has 0 radical (unpaired) electrons. The van der Waals surface area contributed by atoms with E-state index in [0.29, 0.717) is 18.1 Å². The largest absolute Gasteiger partial charge is 0.439 e. The lowest BCUT2D eigenvalue weighted by Crippen LogP contribution is -1.94. The Hall–Kier alpha value is -1.91. The summed E-state index contributed by atoms with van der Waals surface area (Å²) < 4.78 is 5.59. The predicted octanol–water partition coefficient (Wildman–Crippen LogP) is 2.46. The van der Waals surface area contributed by atoms with Gasteiger partial charge in [-0.25, -0.2) is 4.98 Å². The van der Waals surface area contributed by atoms with Crippen molar-refractivity contribution in [3.63, 3.8) is 0 Å². The van der Waals surface area contributed by atoms with Crippen molar-refractivity contribution >= 4 is 0 Å². The smallest absolute Gasteiger partial charge is 0.219 e. The van der Waals surface area contributed by atoms with E-state index < -0.39 is 6.10 Å². The van der Waals surface area contributed by atoms with E-state index in [1.807, 2.05) is 24.3 Å². The zero-order valence-corrected chi connectivity index (χ0v) is 10.8. The Kier molecular flexibility index (Phi) is 4.49. The first-order valence-electron chi connectivity index (χ1n) is 6.20. The molecule has 4 nitrogen and oxygen atoms in total. The molecule has 2 rings (SSSR count). The Morgan fingerprint density at radius 2 is 1.89 bits per heavy atom. The molecule has 0 saturated carbocycles. The summed E-state index contributed by atoms with van der Waals surface area (Å²) in [5, 5.41) is 18.2. The Morgan fingerprint density at radius 1 is 1.16 bits per heavy atom. The number of aliphatic hydroxyl groups excluding tert-OH is 2. The highest BCUT2D eigenvalue weighted by Crippen LogP contribution is 2.21. The Morgan fingerprint density at radius 3 is 2.42 bits per heavy atom. The van der Waals surface area contributed by atoms with Crippen molar-refractivity contribution in [2.45, 2.75) is 19.4 Å². The minimum absolute atomic E-state index is 0.141. The van der Waals surface area contributed by atoms with Crippen LogP contribution in [0, 0.1) is 0 Å². The highest BCUT2D eigenvalue weighted by molar-refractivity contribution is 5.31. The van der Waals surface area contributed by atoms with Gasteiger partial charge >= 0.3 is 0 Å². The summed E-state index contributed by atoms with van der Waals surface area (Å²) in [5.74, 6) is 1.18. The minimum atomic E-state index is -0.528. The third-order valence-corrected chi connectivity index (χ3v) is 2.79. The van der Waals surface area contributed by atoms with Crippen LogP contribution in [0.5, 0.6) is 11.6 Å². The zero-order chi connectivity index (χ0) is 13.7. The second-order valence-corrected chi connectivity index (χ2v) is 4.33. The third kappa shape index (κ3) is 3.77. The molecule has 100 valence electrons. The molecular weight excluding hydrogens is 242 g/mol. The highest BCUT2D eigenvalue weighted by Gasteiger charge is 2.03. The van der Waals surface area contributed by atoms with E-state index in [0.717, 1.165) is 11.1 Å². The van der Waals surface area contributed by atoms with Gasteiger partial charge in [-0.3, -0.25) is 0 Å². The molecule has 1 aromatic heterocycles. The standard InChI is InChI=1S/C15H17NO3/c1-11(18)13-4-7-15(16-10-13)19-14-5-2-12(3-6-14)8-9-17/h2-7,10-11,17-18H,8-9H2,1H3/t11-/m1/s1. The summed E-state index contributed by atoms with van der Waals surface area (Å²) >= 11 is 0. The molecule has 1 aromatic carbocycles. The lowest BCUT2D eigenvalue weighted by molar-refractivity contribution is 0.198. The van der Waals surface area contributed by atoms with E-state index in [1.165, 1.54) is 0 Å².